The fourth-order valence-corrected chi connectivity index (χ4v) is 3.19. The van der Waals surface area contributed by atoms with Gasteiger partial charge in [-0.1, -0.05) is 6.92 Å². The Bertz CT molecular complexity index is 488. The minimum Gasteiger partial charge on any atom is -0.458 e. The summed E-state index contributed by atoms with van der Waals surface area (Å²) >= 11 is 0. The Morgan fingerprint density at radius 1 is 1.35 bits per heavy atom. The molecular weight excluding hydrogens is 254 g/mol. The van der Waals surface area contributed by atoms with Gasteiger partial charge in [0.15, 0.2) is 0 Å². The zero-order chi connectivity index (χ0) is 14.0. The highest BCUT2D eigenvalue weighted by Gasteiger charge is 2.43. The SMILES string of the molecule is CCc1ncc(CN2CCC[C@]3(CCC(=O)O3)C2)cn1. The first-order valence-corrected chi connectivity index (χ1v) is 7.43. The molecule has 0 aliphatic carbocycles. The number of rotatable bonds is 3. The van der Waals surface area contributed by atoms with Crippen LogP contribution in [0.4, 0.5) is 0 Å². The van der Waals surface area contributed by atoms with Crippen LogP contribution in [0, 0.1) is 0 Å². The van der Waals surface area contributed by atoms with Crippen LogP contribution in [-0.2, 0) is 22.5 Å². The van der Waals surface area contributed by atoms with Gasteiger partial charge in [0, 0.05) is 43.9 Å². The monoisotopic (exact) mass is 275 g/mol. The fraction of sp³-hybridized carbons (Fsp3) is 0.667. The van der Waals surface area contributed by atoms with Crippen LogP contribution in [0.2, 0.25) is 0 Å². The third-order valence-corrected chi connectivity index (χ3v) is 4.21. The van der Waals surface area contributed by atoms with Crippen molar-refractivity contribution in [1.29, 1.82) is 0 Å². The van der Waals surface area contributed by atoms with E-state index in [4.69, 9.17) is 4.74 Å². The molecule has 0 saturated carbocycles. The van der Waals surface area contributed by atoms with Gasteiger partial charge in [0.2, 0.25) is 0 Å². The Balaban J connectivity index is 1.63. The summed E-state index contributed by atoms with van der Waals surface area (Å²) in [6.07, 6.45) is 8.21. The van der Waals surface area contributed by atoms with Gasteiger partial charge >= 0.3 is 5.97 Å². The van der Waals surface area contributed by atoms with Crippen LogP contribution in [0.15, 0.2) is 12.4 Å². The summed E-state index contributed by atoms with van der Waals surface area (Å²) in [6, 6.07) is 0. The number of aryl methyl sites for hydroxylation is 1. The summed E-state index contributed by atoms with van der Waals surface area (Å²) < 4.78 is 5.58. The minimum atomic E-state index is -0.223. The number of carbonyl (C=O) groups excluding carboxylic acids is 1. The molecule has 0 N–H and O–H groups in total. The van der Waals surface area contributed by atoms with Crippen molar-refractivity contribution in [2.75, 3.05) is 13.1 Å². The molecule has 3 rings (SSSR count). The predicted octanol–water partition coefficient (Wildman–Crippen LogP) is 1.71. The lowest BCUT2D eigenvalue weighted by Crippen LogP contribution is -2.47. The topological polar surface area (TPSA) is 55.3 Å². The lowest BCUT2D eigenvalue weighted by atomic mass is 9.90. The minimum absolute atomic E-state index is 0.0394. The third-order valence-electron chi connectivity index (χ3n) is 4.21. The quantitative estimate of drug-likeness (QED) is 0.786. The summed E-state index contributed by atoms with van der Waals surface area (Å²) in [5, 5.41) is 0. The first-order chi connectivity index (χ1) is 9.69. The number of aromatic nitrogens is 2. The van der Waals surface area contributed by atoms with Crippen molar-refractivity contribution >= 4 is 5.97 Å². The van der Waals surface area contributed by atoms with E-state index in [2.05, 4.69) is 21.8 Å². The van der Waals surface area contributed by atoms with Crippen molar-refractivity contribution in [2.24, 2.45) is 0 Å². The zero-order valence-corrected chi connectivity index (χ0v) is 12.0. The molecule has 1 aromatic heterocycles. The summed E-state index contributed by atoms with van der Waals surface area (Å²) in [5.74, 6) is 0.844. The third kappa shape index (κ3) is 2.82. The molecule has 2 saturated heterocycles. The largest absolute Gasteiger partial charge is 0.458 e. The number of piperidine rings is 1. The van der Waals surface area contributed by atoms with Gasteiger partial charge in [0.25, 0.3) is 0 Å². The maximum Gasteiger partial charge on any atom is 0.306 e. The summed E-state index contributed by atoms with van der Waals surface area (Å²) in [7, 11) is 0. The molecule has 0 aromatic carbocycles. The molecule has 1 spiro atoms. The Labute approximate surface area is 119 Å². The normalized spacial score (nSPS) is 26.9. The van der Waals surface area contributed by atoms with Crippen LogP contribution in [0.3, 0.4) is 0 Å². The number of esters is 1. The molecule has 2 aliphatic rings. The Morgan fingerprint density at radius 3 is 2.80 bits per heavy atom. The molecule has 0 unspecified atom stereocenters. The van der Waals surface area contributed by atoms with Crippen molar-refractivity contribution in [1.82, 2.24) is 14.9 Å². The fourth-order valence-electron chi connectivity index (χ4n) is 3.19. The zero-order valence-electron chi connectivity index (χ0n) is 12.0. The van der Waals surface area contributed by atoms with Crippen LogP contribution in [-0.4, -0.2) is 39.5 Å². The Hall–Kier alpha value is -1.49. The maximum absolute atomic E-state index is 11.4. The van der Waals surface area contributed by atoms with Crippen LogP contribution < -0.4 is 0 Å². The van der Waals surface area contributed by atoms with E-state index in [0.29, 0.717) is 6.42 Å². The average Bonchev–Trinajstić information content (AvgIpc) is 2.80. The van der Waals surface area contributed by atoms with Crippen molar-refractivity contribution in [3.63, 3.8) is 0 Å². The van der Waals surface area contributed by atoms with Crippen molar-refractivity contribution < 1.29 is 9.53 Å². The number of carbonyl (C=O) groups is 1. The second kappa shape index (κ2) is 5.48. The molecule has 5 nitrogen and oxygen atoms in total. The van der Waals surface area contributed by atoms with Gasteiger partial charge in [-0.05, 0) is 25.8 Å². The summed E-state index contributed by atoms with van der Waals surface area (Å²) in [6.45, 7) is 4.78. The Kier molecular flexibility index (Phi) is 3.70. The van der Waals surface area contributed by atoms with Gasteiger partial charge < -0.3 is 4.74 Å². The molecule has 0 radical (unpaired) electrons. The van der Waals surface area contributed by atoms with E-state index < -0.39 is 0 Å². The van der Waals surface area contributed by atoms with Crippen LogP contribution in [0.5, 0.6) is 0 Å². The highest BCUT2D eigenvalue weighted by atomic mass is 16.6. The second-order valence-corrected chi connectivity index (χ2v) is 5.83. The second-order valence-electron chi connectivity index (χ2n) is 5.83. The number of likely N-dealkylation sites (tertiary alicyclic amines) is 1. The number of hydrogen-bond acceptors (Lipinski definition) is 5. The van der Waals surface area contributed by atoms with E-state index >= 15 is 0 Å². The summed E-state index contributed by atoms with van der Waals surface area (Å²) in [5.41, 5.74) is 0.906. The molecule has 2 aliphatic heterocycles. The number of hydrogen-bond donors (Lipinski definition) is 0. The van der Waals surface area contributed by atoms with E-state index in [1.807, 2.05) is 12.4 Å². The molecule has 0 amide bonds. The van der Waals surface area contributed by atoms with Crippen molar-refractivity contribution in [3.05, 3.63) is 23.8 Å². The van der Waals surface area contributed by atoms with Crippen molar-refractivity contribution in [3.8, 4) is 0 Å². The van der Waals surface area contributed by atoms with E-state index in [1.54, 1.807) is 0 Å². The van der Waals surface area contributed by atoms with Crippen LogP contribution >= 0.6 is 0 Å². The van der Waals surface area contributed by atoms with Gasteiger partial charge in [-0.2, -0.15) is 0 Å². The highest BCUT2D eigenvalue weighted by Crippen LogP contribution is 2.35. The maximum atomic E-state index is 11.4. The molecule has 1 aromatic rings. The van der Waals surface area contributed by atoms with E-state index in [1.165, 1.54) is 0 Å². The molecule has 5 heteroatoms. The first-order valence-electron chi connectivity index (χ1n) is 7.43. The Morgan fingerprint density at radius 2 is 2.15 bits per heavy atom. The molecule has 0 bridgehead atoms. The van der Waals surface area contributed by atoms with Gasteiger partial charge in [-0.3, -0.25) is 9.69 Å². The molecule has 20 heavy (non-hydrogen) atoms. The standard InChI is InChI=1S/C15H21N3O2/c1-2-13-16-8-12(9-17-13)10-18-7-3-5-15(11-18)6-4-14(19)20-15/h8-9H,2-7,10-11H2,1H3/t15-/m0/s1. The van der Waals surface area contributed by atoms with Gasteiger partial charge in [-0.15, -0.1) is 0 Å². The van der Waals surface area contributed by atoms with Gasteiger partial charge in [0.05, 0.1) is 0 Å². The smallest absolute Gasteiger partial charge is 0.306 e. The predicted molar refractivity (Wildman–Crippen MR) is 74.0 cm³/mol. The van der Waals surface area contributed by atoms with Crippen LogP contribution in [0.25, 0.3) is 0 Å². The van der Waals surface area contributed by atoms with E-state index in [9.17, 15) is 4.79 Å². The van der Waals surface area contributed by atoms with Gasteiger partial charge in [0.1, 0.15) is 11.4 Å². The van der Waals surface area contributed by atoms with Crippen LogP contribution in [0.1, 0.15) is 44.0 Å². The van der Waals surface area contributed by atoms with E-state index in [-0.39, 0.29) is 11.6 Å². The molecular formula is C15H21N3O2. The average molecular weight is 275 g/mol. The highest BCUT2D eigenvalue weighted by molar-refractivity contribution is 5.72. The molecule has 108 valence electrons. The molecule has 1 atom stereocenters. The number of nitrogens with zero attached hydrogens (tertiary/aromatic N) is 3. The van der Waals surface area contributed by atoms with Gasteiger partial charge in [-0.25, -0.2) is 9.97 Å². The van der Waals surface area contributed by atoms with Crippen molar-refractivity contribution in [2.45, 2.75) is 51.2 Å². The lowest BCUT2D eigenvalue weighted by Gasteiger charge is -2.38. The lowest BCUT2D eigenvalue weighted by molar-refractivity contribution is -0.152. The molecule has 2 fully saturated rings. The summed E-state index contributed by atoms with van der Waals surface area (Å²) in [4.78, 5) is 22.4. The molecule has 3 heterocycles. The van der Waals surface area contributed by atoms with E-state index in [0.717, 1.165) is 56.7 Å². The number of ether oxygens (including phenoxy) is 1. The first kappa shape index (κ1) is 13.5.